The largest absolute Gasteiger partial charge is 0.494 e. The lowest BCUT2D eigenvalue weighted by molar-refractivity contribution is 0.102. The van der Waals surface area contributed by atoms with Crippen molar-refractivity contribution in [2.75, 3.05) is 13.2 Å². The predicted octanol–water partition coefficient (Wildman–Crippen LogP) is 5.09. The van der Waals surface area contributed by atoms with E-state index in [-0.39, 0.29) is 5.38 Å². The number of ether oxygens (including phenoxy) is 2. The van der Waals surface area contributed by atoms with Crippen LogP contribution in [0.5, 0.6) is 5.75 Å². The summed E-state index contributed by atoms with van der Waals surface area (Å²) in [6.07, 6.45) is 4.74. The number of hydrogen-bond acceptors (Lipinski definition) is 2. The summed E-state index contributed by atoms with van der Waals surface area (Å²) in [6, 6.07) is 6.01. The normalized spacial score (nSPS) is 20.5. The van der Waals surface area contributed by atoms with E-state index in [0.717, 1.165) is 35.2 Å². The van der Waals surface area contributed by atoms with E-state index in [1.807, 2.05) is 25.1 Å². The number of hydrogen-bond donors (Lipinski definition) is 0. The van der Waals surface area contributed by atoms with Crippen LogP contribution in [0.15, 0.2) is 22.7 Å². The predicted molar refractivity (Wildman–Crippen MR) is 82.1 cm³/mol. The van der Waals surface area contributed by atoms with E-state index >= 15 is 0 Å². The van der Waals surface area contributed by atoms with Gasteiger partial charge in [-0.25, -0.2) is 0 Å². The molecule has 0 amide bonds. The summed E-state index contributed by atoms with van der Waals surface area (Å²) in [4.78, 5) is 0. The monoisotopic (exact) mass is 346 g/mol. The fraction of sp³-hybridized carbons (Fsp3) is 0.600. The third kappa shape index (κ3) is 4.37. The molecule has 2 unspecified atom stereocenters. The van der Waals surface area contributed by atoms with E-state index in [4.69, 9.17) is 21.1 Å². The van der Waals surface area contributed by atoms with Crippen LogP contribution < -0.4 is 4.74 Å². The Kier molecular flexibility index (Phi) is 5.99. The van der Waals surface area contributed by atoms with Crippen molar-refractivity contribution in [2.24, 2.45) is 0 Å². The first-order chi connectivity index (χ1) is 9.20. The van der Waals surface area contributed by atoms with Gasteiger partial charge < -0.3 is 9.47 Å². The molecule has 1 aliphatic heterocycles. The molecule has 2 atom stereocenters. The Morgan fingerprint density at radius 2 is 2.37 bits per heavy atom. The molecular weight excluding hydrogens is 328 g/mol. The highest BCUT2D eigenvalue weighted by molar-refractivity contribution is 9.10. The van der Waals surface area contributed by atoms with E-state index in [1.54, 1.807) is 0 Å². The molecule has 0 aromatic heterocycles. The van der Waals surface area contributed by atoms with Crippen molar-refractivity contribution in [1.29, 1.82) is 0 Å². The van der Waals surface area contributed by atoms with Gasteiger partial charge in [-0.1, -0.05) is 22.0 Å². The SMILES string of the molecule is CCOc1ccc(C(Cl)CCC2CCCO2)c(Br)c1. The summed E-state index contributed by atoms with van der Waals surface area (Å²) in [7, 11) is 0. The first-order valence-corrected chi connectivity index (χ1v) is 8.11. The first kappa shape index (κ1) is 15.1. The van der Waals surface area contributed by atoms with E-state index < -0.39 is 0 Å². The average molecular weight is 348 g/mol. The Bertz CT molecular complexity index is 405. The number of benzene rings is 1. The summed E-state index contributed by atoms with van der Waals surface area (Å²) in [5.74, 6) is 0.876. The lowest BCUT2D eigenvalue weighted by Gasteiger charge is -2.15. The van der Waals surface area contributed by atoms with Gasteiger partial charge in [-0.05, 0) is 50.3 Å². The Labute approximate surface area is 128 Å². The molecule has 4 heteroatoms. The smallest absolute Gasteiger partial charge is 0.120 e. The lowest BCUT2D eigenvalue weighted by atomic mass is 10.0. The molecule has 1 aromatic carbocycles. The molecule has 106 valence electrons. The number of alkyl halides is 1. The zero-order chi connectivity index (χ0) is 13.7. The van der Waals surface area contributed by atoms with Crippen LogP contribution in [0.3, 0.4) is 0 Å². The molecule has 0 radical (unpaired) electrons. The standard InChI is InChI=1S/C15H20BrClO2/c1-2-18-12-5-7-13(14(16)10-12)15(17)8-6-11-4-3-9-19-11/h5,7,10-11,15H,2-4,6,8-9H2,1H3. The van der Waals surface area contributed by atoms with Crippen LogP contribution in [0.2, 0.25) is 0 Å². The van der Waals surface area contributed by atoms with Crippen molar-refractivity contribution >= 4 is 27.5 Å². The van der Waals surface area contributed by atoms with Gasteiger partial charge in [0.1, 0.15) is 5.75 Å². The molecular formula is C15H20BrClO2. The Morgan fingerprint density at radius 3 is 3.00 bits per heavy atom. The molecule has 0 aliphatic carbocycles. The molecule has 0 spiro atoms. The van der Waals surface area contributed by atoms with Gasteiger partial charge in [-0.15, -0.1) is 11.6 Å². The number of rotatable bonds is 6. The molecule has 1 saturated heterocycles. The third-order valence-electron chi connectivity index (χ3n) is 3.39. The van der Waals surface area contributed by atoms with Crippen LogP contribution in [0.25, 0.3) is 0 Å². The van der Waals surface area contributed by atoms with Crippen molar-refractivity contribution in [3.63, 3.8) is 0 Å². The average Bonchev–Trinajstić information content (AvgIpc) is 2.89. The molecule has 2 nitrogen and oxygen atoms in total. The van der Waals surface area contributed by atoms with Crippen molar-refractivity contribution in [3.8, 4) is 5.75 Å². The highest BCUT2D eigenvalue weighted by atomic mass is 79.9. The second-order valence-corrected chi connectivity index (χ2v) is 6.18. The van der Waals surface area contributed by atoms with Crippen molar-refractivity contribution < 1.29 is 9.47 Å². The second kappa shape index (κ2) is 7.51. The maximum atomic E-state index is 6.49. The Balaban J connectivity index is 1.92. The van der Waals surface area contributed by atoms with E-state index in [1.165, 1.54) is 12.8 Å². The van der Waals surface area contributed by atoms with Gasteiger partial charge in [0, 0.05) is 11.1 Å². The minimum atomic E-state index is 0.0225. The summed E-state index contributed by atoms with van der Waals surface area (Å²) < 4.78 is 12.1. The van der Waals surface area contributed by atoms with Crippen molar-refractivity contribution in [2.45, 2.75) is 44.1 Å². The quantitative estimate of drug-likeness (QED) is 0.668. The number of halogens is 2. The summed E-state index contributed by atoms with van der Waals surface area (Å²) >= 11 is 10.1. The van der Waals surface area contributed by atoms with Gasteiger partial charge in [0.15, 0.2) is 0 Å². The topological polar surface area (TPSA) is 18.5 Å². The van der Waals surface area contributed by atoms with Crippen LogP contribution in [0, 0.1) is 0 Å². The summed E-state index contributed by atoms with van der Waals surface area (Å²) in [6.45, 7) is 3.56. The highest BCUT2D eigenvalue weighted by Crippen LogP contribution is 2.35. The fourth-order valence-corrected chi connectivity index (χ4v) is 3.46. The maximum Gasteiger partial charge on any atom is 0.120 e. The fourth-order valence-electron chi connectivity index (χ4n) is 2.38. The van der Waals surface area contributed by atoms with Crippen LogP contribution in [0.1, 0.15) is 43.5 Å². The van der Waals surface area contributed by atoms with Crippen LogP contribution in [-0.4, -0.2) is 19.3 Å². The zero-order valence-electron chi connectivity index (χ0n) is 11.2. The summed E-state index contributed by atoms with van der Waals surface area (Å²) in [5, 5.41) is 0.0225. The van der Waals surface area contributed by atoms with Crippen LogP contribution in [-0.2, 0) is 4.74 Å². The van der Waals surface area contributed by atoms with Gasteiger partial charge in [0.25, 0.3) is 0 Å². The molecule has 1 heterocycles. The lowest BCUT2D eigenvalue weighted by Crippen LogP contribution is -2.06. The maximum absolute atomic E-state index is 6.49. The molecule has 0 N–H and O–H groups in total. The van der Waals surface area contributed by atoms with Crippen LogP contribution in [0.4, 0.5) is 0 Å². The van der Waals surface area contributed by atoms with Gasteiger partial charge >= 0.3 is 0 Å². The molecule has 1 aliphatic rings. The Hall–Kier alpha value is -0.250. The molecule has 1 aromatic rings. The molecule has 19 heavy (non-hydrogen) atoms. The van der Waals surface area contributed by atoms with Gasteiger partial charge in [0.2, 0.25) is 0 Å². The highest BCUT2D eigenvalue weighted by Gasteiger charge is 2.19. The molecule has 1 fully saturated rings. The second-order valence-electron chi connectivity index (χ2n) is 4.80. The minimum absolute atomic E-state index is 0.0225. The molecule has 0 saturated carbocycles. The minimum Gasteiger partial charge on any atom is -0.494 e. The molecule has 0 bridgehead atoms. The Morgan fingerprint density at radius 1 is 1.53 bits per heavy atom. The van der Waals surface area contributed by atoms with E-state index in [2.05, 4.69) is 15.9 Å². The van der Waals surface area contributed by atoms with Crippen LogP contribution >= 0.6 is 27.5 Å². The summed E-state index contributed by atoms with van der Waals surface area (Å²) in [5.41, 5.74) is 1.13. The zero-order valence-corrected chi connectivity index (χ0v) is 13.5. The molecule has 2 rings (SSSR count). The first-order valence-electron chi connectivity index (χ1n) is 6.88. The van der Waals surface area contributed by atoms with Gasteiger partial charge in [0.05, 0.1) is 18.1 Å². The third-order valence-corrected chi connectivity index (χ3v) is 4.53. The van der Waals surface area contributed by atoms with Gasteiger partial charge in [-0.2, -0.15) is 0 Å². The van der Waals surface area contributed by atoms with Gasteiger partial charge in [-0.3, -0.25) is 0 Å². The van der Waals surface area contributed by atoms with Crippen molar-refractivity contribution in [3.05, 3.63) is 28.2 Å². The van der Waals surface area contributed by atoms with E-state index in [0.29, 0.717) is 12.7 Å². The van der Waals surface area contributed by atoms with Crippen molar-refractivity contribution in [1.82, 2.24) is 0 Å². The van der Waals surface area contributed by atoms with E-state index in [9.17, 15) is 0 Å².